The molecule has 2 aliphatic carbocycles. The lowest BCUT2D eigenvalue weighted by atomic mass is 9.73. The van der Waals surface area contributed by atoms with Gasteiger partial charge < -0.3 is 5.11 Å². The average molecular weight is 225 g/mol. The molecule has 1 N–H and O–H groups in total. The number of nitrogens with zero attached hydrogens (tertiary/aromatic N) is 1. The highest BCUT2D eigenvalue weighted by Crippen LogP contribution is 2.39. The van der Waals surface area contributed by atoms with Gasteiger partial charge in [-0.1, -0.05) is 26.2 Å². The van der Waals surface area contributed by atoms with E-state index >= 15 is 0 Å². The summed E-state index contributed by atoms with van der Waals surface area (Å²) in [7, 11) is 0. The summed E-state index contributed by atoms with van der Waals surface area (Å²) in [5.41, 5.74) is -0.434. The van der Waals surface area contributed by atoms with Crippen LogP contribution in [0.5, 0.6) is 0 Å². The number of hydrogen-bond acceptors (Lipinski definition) is 2. The number of carboxylic acids is 1. The summed E-state index contributed by atoms with van der Waals surface area (Å²) in [6, 6.07) is 0.683. The van der Waals surface area contributed by atoms with E-state index in [1.807, 2.05) is 0 Å². The van der Waals surface area contributed by atoms with E-state index < -0.39 is 11.4 Å². The molecule has 0 amide bonds. The van der Waals surface area contributed by atoms with Gasteiger partial charge in [0.1, 0.15) is 0 Å². The number of hydrogen-bond donors (Lipinski definition) is 1. The van der Waals surface area contributed by atoms with Crippen molar-refractivity contribution < 1.29 is 9.90 Å². The maximum atomic E-state index is 11.5. The molecule has 2 saturated carbocycles. The van der Waals surface area contributed by atoms with Crippen molar-refractivity contribution in [3.8, 4) is 0 Å². The molecule has 0 unspecified atom stereocenters. The summed E-state index contributed by atoms with van der Waals surface area (Å²) in [4.78, 5) is 13.9. The molecule has 3 heteroatoms. The zero-order valence-corrected chi connectivity index (χ0v) is 10.2. The van der Waals surface area contributed by atoms with Crippen molar-refractivity contribution in [3.63, 3.8) is 0 Å². The summed E-state index contributed by atoms with van der Waals surface area (Å²) in [6.45, 7) is 3.93. The van der Waals surface area contributed by atoms with Crippen molar-refractivity contribution in [2.45, 2.75) is 57.9 Å². The highest BCUT2D eigenvalue weighted by atomic mass is 16.4. The summed E-state index contributed by atoms with van der Waals surface area (Å²) in [5.74, 6) is -0.564. The SMILES string of the molecule is CCN(CC1(C(=O)O)CCCCC1)C1CC1. The van der Waals surface area contributed by atoms with Crippen LogP contribution in [0.15, 0.2) is 0 Å². The predicted molar refractivity (Wildman–Crippen MR) is 63.4 cm³/mol. The van der Waals surface area contributed by atoms with Gasteiger partial charge in [0.15, 0.2) is 0 Å². The van der Waals surface area contributed by atoms with E-state index in [0.717, 1.165) is 38.8 Å². The van der Waals surface area contributed by atoms with E-state index in [9.17, 15) is 9.90 Å². The Labute approximate surface area is 97.8 Å². The van der Waals surface area contributed by atoms with E-state index in [1.165, 1.54) is 19.3 Å². The van der Waals surface area contributed by atoms with Crippen LogP contribution in [0.1, 0.15) is 51.9 Å². The van der Waals surface area contributed by atoms with Gasteiger partial charge in [-0.15, -0.1) is 0 Å². The highest BCUT2D eigenvalue weighted by molar-refractivity contribution is 5.75. The third-order valence-electron chi connectivity index (χ3n) is 4.24. The van der Waals surface area contributed by atoms with Crippen molar-refractivity contribution in [2.75, 3.05) is 13.1 Å². The predicted octanol–water partition coefficient (Wildman–Crippen LogP) is 2.51. The molecule has 2 aliphatic rings. The van der Waals surface area contributed by atoms with Crippen LogP contribution in [-0.4, -0.2) is 35.1 Å². The molecule has 0 aromatic rings. The zero-order valence-electron chi connectivity index (χ0n) is 10.2. The van der Waals surface area contributed by atoms with Crippen molar-refractivity contribution in [1.82, 2.24) is 4.90 Å². The van der Waals surface area contributed by atoms with Crippen LogP contribution in [0.4, 0.5) is 0 Å². The molecule has 16 heavy (non-hydrogen) atoms. The third-order valence-corrected chi connectivity index (χ3v) is 4.24. The quantitative estimate of drug-likeness (QED) is 0.781. The zero-order chi connectivity index (χ0) is 11.6. The Morgan fingerprint density at radius 2 is 1.94 bits per heavy atom. The van der Waals surface area contributed by atoms with Crippen LogP contribution >= 0.6 is 0 Å². The van der Waals surface area contributed by atoms with E-state index in [4.69, 9.17) is 0 Å². The Kier molecular flexibility index (Phi) is 3.53. The fraction of sp³-hybridized carbons (Fsp3) is 0.923. The maximum Gasteiger partial charge on any atom is 0.310 e. The molecule has 0 bridgehead atoms. The van der Waals surface area contributed by atoms with E-state index in [2.05, 4.69) is 11.8 Å². The van der Waals surface area contributed by atoms with Crippen molar-refractivity contribution in [2.24, 2.45) is 5.41 Å². The molecule has 0 atom stereocenters. The largest absolute Gasteiger partial charge is 0.481 e. The monoisotopic (exact) mass is 225 g/mol. The number of rotatable bonds is 5. The van der Waals surface area contributed by atoms with Crippen molar-refractivity contribution >= 4 is 5.97 Å². The standard InChI is InChI=1S/C13H23NO2/c1-2-14(11-6-7-11)10-13(12(15)16)8-4-3-5-9-13/h11H,2-10H2,1H3,(H,15,16). The maximum absolute atomic E-state index is 11.5. The summed E-state index contributed by atoms with van der Waals surface area (Å²) >= 11 is 0. The van der Waals surface area contributed by atoms with Gasteiger partial charge in [-0.2, -0.15) is 0 Å². The van der Waals surface area contributed by atoms with Crippen molar-refractivity contribution in [3.05, 3.63) is 0 Å². The van der Waals surface area contributed by atoms with Crippen LogP contribution in [-0.2, 0) is 4.79 Å². The molecule has 0 radical (unpaired) electrons. The Balaban J connectivity index is 2.03. The first kappa shape index (κ1) is 11.9. The molecule has 2 fully saturated rings. The summed E-state index contributed by atoms with van der Waals surface area (Å²) in [6.07, 6.45) is 7.69. The smallest absolute Gasteiger partial charge is 0.310 e. The first-order valence-electron chi connectivity index (χ1n) is 6.65. The van der Waals surface area contributed by atoms with Gasteiger partial charge in [0.25, 0.3) is 0 Å². The van der Waals surface area contributed by atoms with Crippen LogP contribution in [0, 0.1) is 5.41 Å². The lowest BCUT2D eigenvalue weighted by molar-refractivity contribution is -0.152. The first-order chi connectivity index (χ1) is 7.68. The van der Waals surface area contributed by atoms with Gasteiger partial charge in [-0.3, -0.25) is 9.69 Å². The van der Waals surface area contributed by atoms with Gasteiger partial charge in [-0.25, -0.2) is 0 Å². The average Bonchev–Trinajstić information content (AvgIpc) is 3.11. The molecule has 2 rings (SSSR count). The van der Waals surface area contributed by atoms with Crippen LogP contribution in [0.2, 0.25) is 0 Å². The second-order valence-electron chi connectivity index (χ2n) is 5.44. The fourth-order valence-electron chi connectivity index (χ4n) is 3.00. The Morgan fingerprint density at radius 3 is 2.38 bits per heavy atom. The molecule has 0 aromatic carbocycles. The van der Waals surface area contributed by atoms with Gasteiger partial charge in [0, 0.05) is 12.6 Å². The number of aliphatic carboxylic acids is 1. The van der Waals surface area contributed by atoms with Crippen molar-refractivity contribution in [1.29, 1.82) is 0 Å². The Bertz CT molecular complexity index is 255. The lowest BCUT2D eigenvalue weighted by Crippen LogP contribution is -2.45. The highest BCUT2D eigenvalue weighted by Gasteiger charge is 2.43. The molecular weight excluding hydrogens is 202 g/mol. The number of carbonyl (C=O) groups is 1. The van der Waals surface area contributed by atoms with Crippen LogP contribution < -0.4 is 0 Å². The number of carboxylic acid groups (broad SMARTS) is 1. The second kappa shape index (κ2) is 4.74. The minimum Gasteiger partial charge on any atom is -0.481 e. The van der Waals surface area contributed by atoms with Gasteiger partial charge in [0.05, 0.1) is 5.41 Å². The molecule has 0 saturated heterocycles. The Hall–Kier alpha value is -0.570. The minimum atomic E-state index is -0.564. The molecule has 0 heterocycles. The normalized spacial score (nSPS) is 24.6. The van der Waals surface area contributed by atoms with Crippen LogP contribution in [0.3, 0.4) is 0 Å². The van der Waals surface area contributed by atoms with E-state index in [1.54, 1.807) is 0 Å². The Morgan fingerprint density at radius 1 is 1.31 bits per heavy atom. The fourth-order valence-corrected chi connectivity index (χ4v) is 3.00. The van der Waals surface area contributed by atoms with Gasteiger partial charge >= 0.3 is 5.97 Å². The molecule has 0 aliphatic heterocycles. The summed E-state index contributed by atoms with van der Waals surface area (Å²) in [5, 5.41) is 9.51. The summed E-state index contributed by atoms with van der Waals surface area (Å²) < 4.78 is 0. The van der Waals surface area contributed by atoms with E-state index in [0.29, 0.717) is 6.04 Å². The first-order valence-corrected chi connectivity index (χ1v) is 6.65. The lowest BCUT2D eigenvalue weighted by Gasteiger charge is -2.37. The molecular formula is C13H23NO2. The third kappa shape index (κ3) is 2.40. The van der Waals surface area contributed by atoms with Crippen LogP contribution in [0.25, 0.3) is 0 Å². The molecule has 92 valence electrons. The van der Waals surface area contributed by atoms with E-state index in [-0.39, 0.29) is 0 Å². The molecule has 3 nitrogen and oxygen atoms in total. The van der Waals surface area contributed by atoms with Gasteiger partial charge in [0.2, 0.25) is 0 Å². The molecule has 0 spiro atoms. The van der Waals surface area contributed by atoms with Gasteiger partial charge in [-0.05, 0) is 32.2 Å². The topological polar surface area (TPSA) is 40.5 Å². The second-order valence-corrected chi connectivity index (χ2v) is 5.44. The molecule has 0 aromatic heterocycles. The minimum absolute atomic E-state index is 0.434.